The molecule has 0 atom stereocenters. The molecule has 0 aliphatic heterocycles. The van der Waals surface area contributed by atoms with Crippen molar-refractivity contribution in [2.45, 2.75) is 6.54 Å². The molecule has 0 spiro atoms. The maximum Gasteiger partial charge on any atom is 0.0565 e. The van der Waals surface area contributed by atoms with Gasteiger partial charge in [-0.1, -0.05) is 164 Å². The summed E-state index contributed by atoms with van der Waals surface area (Å²) in [5.41, 5.74) is 13.3. The maximum atomic E-state index is 2.55. The van der Waals surface area contributed by atoms with Crippen LogP contribution in [-0.4, -0.2) is 13.7 Å². The molecule has 0 N–H and O–H groups in total. The van der Waals surface area contributed by atoms with E-state index in [4.69, 9.17) is 0 Å². The monoisotopic (exact) mass is 787 g/mol. The van der Waals surface area contributed by atoms with Crippen LogP contribution in [0.15, 0.2) is 212 Å². The van der Waals surface area contributed by atoms with Crippen LogP contribution in [0.3, 0.4) is 0 Å². The second-order valence-electron chi connectivity index (χ2n) is 16.8. The highest BCUT2D eigenvalue weighted by atomic mass is 15.0. The van der Waals surface area contributed by atoms with Crippen molar-refractivity contribution in [3.63, 3.8) is 0 Å². The number of rotatable bonds is 5. The molecule has 288 valence electrons. The van der Waals surface area contributed by atoms with Crippen molar-refractivity contribution in [3.8, 4) is 22.5 Å². The number of hydrogen-bond donors (Lipinski definition) is 0. The maximum absolute atomic E-state index is 2.55. The highest BCUT2D eigenvalue weighted by molar-refractivity contribution is 6.26. The molecule has 62 heavy (non-hydrogen) atoms. The zero-order valence-corrected chi connectivity index (χ0v) is 33.8. The Morgan fingerprint density at radius 3 is 1.26 bits per heavy atom. The lowest BCUT2D eigenvalue weighted by molar-refractivity contribution is 0.867. The van der Waals surface area contributed by atoms with Gasteiger partial charge in [-0.2, -0.15) is 0 Å². The van der Waals surface area contributed by atoms with E-state index in [1.807, 2.05) is 0 Å². The molecule has 0 radical (unpaired) electrons. The molecular weight excluding hydrogens is 751 g/mol. The fourth-order valence-corrected chi connectivity index (χ4v) is 11.1. The zero-order chi connectivity index (χ0) is 40.5. The number of para-hydroxylation sites is 6. The molecule has 0 saturated heterocycles. The summed E-state index contributed by atoms with van der Waals surface area (Å²) < 4.78 is 7.58. The van der Waals surface area contributed by atoms with Gasteiger partial charge in [0, 0.05) is 61.1 Å². The summed E-state index contributed by atoms with van der Waals surface area (Å²) >= 11 is 0. The summed E-state index contributed by atoms with van der Waals surface area (Å²) in [6.45, 7) is 0.667. The molecule has 3 nitrogen and oxygen atoms in total. The van der Waals surface area contributed by atoms with Crippen LogP contribution in [0.1, 0.15) is 5.56 Å². The largest absolute Gasteiger partial charge is 0.336 e. The average Bonchev–Trinajstić information content (AvgIpc) is 3.96. The molecule has 11 aromatic carbocycles. The standard InChI is InChI=1S/C59H37N3/c1-7-22-50-42(16-1)43-17-2-8-23-51(43)60(50)36-40-34-41(61-52-24-9-3-18-44(52)45-19-4-10-25-53(45)61)35-56(62-54-26-11-5-20-46(54)47-21-6-12-27-55(47)62)58(40)48-32-31-39-29-28-37-14-13-15-38-30-33-49(48)59(39)57(37)38/h1-35H,36H2. The van der Waals surface area contributed by atoms with Gasteiger partial charge in [-0.3, -0.25) is 0 Å². The van der Waals surface area contributed by atoms with Gasteiger partial charge in [0.1, 0.15) is 0 Å². The molecule has 3 aromatic heterocycles. The number of hydrogen-bond acceptors (Lipinski definition) is 0. The second-order valence-corrected chi connectivity index (χ2v) is 16.8. The van der Waals surface area contributed by atoms with E-state index in [0.717, 1.165) is 11.4 Å². The third-order valence-electron chi connectivity index (χ3n) is 13.6. The van der Waals surface area contributed by atoms with Crippen molar-refractivity contribution < 1.29 is 0 Å². The molecule has 3 heterocycles. The first-order valence-corrected chi connectivity index (χ1v) is 21.6. The molecule has 0 unspecified atom stereocenters. The predicted octanol–water partition coefficient (Wildman–Crippen LogP) is 15.6. The second kappa shape index (κ2) is 12.7. The van der Waals surface area contributed by atoms with Crippen molar-refractivity contribution in [3.05, 3.63) is 218 Å². The Morgan fingerprint density at radius 2 is 0.726 bits per heavy atom. The quantitative estimate of drug-likeness (QED) is 0.154. The Morgan fingerprint density at radius 1 is 0.306 bits per heavy atom. The van der Waals surface area contributed by atoms with E-state index in [9.17, 15) is 0 Å². The average molecular weight is 788 g/mol. The van der Waals surface area contributed by atoms with Crippen LogP contribution in [0, 0.1) is 0 Å². The van der Waals surface area contributed by atoms with E-state index in [0.29, 0.717) is 6.54 Å². The van der Waals surface area contributed by atoms with Gasteiger partial charge in [0.2, 0.25) is 0 Å². The molecule has 0 saturated carbocycles. The third kappa shape index (κ3) is 4.60. The summed E-state index contributed by atoms with van der Waals surface area (Å²) in [6.07, 6.45) is 0. The summed E-state index contributed by atoms with van der Waals surface area (Å²) in [7, 11) is 0. The van der Waals surface area contributed by atoms with Gasteiger partial charge in [-0.15, -0.1) is 0 Å². The van der Waals surface area contributed by atoms with E-state index in [1.165, 1.54) is 114 Å². The number of fused-ring (bicyclic) bond motifs is 9. The molecule has 0 bridgehead atoms. The summed E-state index contributed by atoms with van der Waals surface area (Å²) in [4.78, 5) is 0. The fourth-order valence-electron chi connectivity index (χ4n) is 11.1. The Hall–Kier alpha value is -8.14. The summed E-state index contributed by atoms with van der Waals surface area (Å²) in [5.74, 6) is 0. The van der Waals surface area contributed by atoms with Crippen LogP contribution >= 0.6 is 0 Å². The molecule has 14 rings (SSSR count). The van der Waals surface area contributed by atoms with Crippen molar-refractivity contribution in [1.29, 1.82) is 0 Å². The molecule has 14 aromatic rings. The van der Waals surface area contributed by atoms with Crippen molar-refractivity contribution in [1.82, 2.24) is 13.7 Å². The molecule has 3 heteroatoms. The van der Waals surface area contributed by atoms with Crippen LogP contribution < -0.4 is 0 Å². The number of nitrogens with zero attached hydrogens (tertiary/aromatic N) is 3. The first-order chi connectivity index (χ1) is 30.8. The van der Waals surface area contributed by atoms with E-state index < -0.39 is 0 Å². The van der Waals surface area contributed by atoms with Crippen LogP contribution in [0.2, 0.25) is 0 Å². The van der Waals surface area contributed by atoms with Gasteiger partial charge in [0.25, 0.3) is 0 Å². The fraction of sp³-hybridized carbons (Fsp3) is 0.0169. The predicted molar refractivity (Wildman–Crippen MR) is 263 cm³/mol. The van der Waals surface area contributed by atoms with E-state index >= 15 is 0 Å². The molecule has 0 amide bonds. The first-order valence-electron chi connectivity index (χ1n) is 21.6. The molecular formula is C59H37N3. The lowest BCUT2D eigenvalue weighted by Crippen LogP contribution is -2.08. The van der Waals surface area contributed by atoms with Crippen LogP contribution in [0.25, 0.3) is 120 Å². The Balaban J connectivity index is 1.19. The van der Waals surface area contributed by atoms with Gasteiger partial charge in [0.15, 0.2) is 0 Å². The van der Waals surface area contributed by atoms with Crippen molar-refractivity contribution in [2.24, 2.45) is 0 Å². The Kier molecular flexibility index (Phi) is 6.89. The smallest absolute Gasteiger partial charge is 0.0565 e. The molecule has 0 aliphatic carbocycles. The summed E-state index contributed by atoms with van der Waals surface area (Å²) in [6, 6.07) is 79.1. The minimum Gasteiger partial charge on any atom is -0.336 e. The zero-order valence-electron chi connectivity index (χ0n) is 33.8. The van der Waals surface area contributed by atoms with E-state index in [2.05, 4.69) is 226 Å². The van der Waals surface area contributed by atoms with Gasteiger partial charge < -0.3 is 13.7 Å². The van der Waals surface area contributed by atoms with E-state index in [1.54, 1.807) is 0 Å². The van der Waals surface area contributed by atoms with Crippen molar-refractivity contribution in [2.75, 3.05) is 0 Å². The Bertz CT molecular complexity index is 3960. The number of benzene rings is 11. The van der Waals surface area contributed by atoms with Crippen LogP contribution in [0.5, 0.6) is 0 Å². The van der Waals surface area contributed by atoms with Crippen molar-refractivity contribution >= 4 is 97.7 Å². The first kappa shape index (κ1) is 33.7. The van der Waals surface area contributed by atoms with Crippen LogP contribution in [0.4, 0.5) is 0 Å². The highest BCUT2D eigenvalue weighted by Crippen LogP contribution is 2.46. The SMILES string of the molecule is c1cc2ccc3ccc(-c4c(Cn5c6ccccc6c6ccccc65)cc(-n5c6ccccc6c6ccccc65)cc4-n4c5ccccc5c5ccccc54)c4ccc(c1)c2c34. The molecule has 0 aliphatic rings. The van der Waals surface area contributed by atoms with Gasteiger partial charge >= 0.3 is 0 Å². The molecule has 0 fully saturated rings. The van der Waals surface area contributed by atoms with Gasteiger partial charge in [-0.25, -0.2) is 0 Å². The normalized spacial score (nSPS) is 12.3. The van der Waals surface area contributed by atoms with Gasteiger partial charge in [0.05, 0.1) is 27.8 Å². The van der Waals surface area contributed by atoms with Gasteiger partial charge in [-0.05, 0) is 92.0 Å². The topological polar surface area (TPSA) is 14.8 Å². The Labute approximate surface area is 356 Å². The van der Waals surface area contributed by atoms with Crippen LogP contribution in [-0.2, 0) is 6.54 Å². The minimum atomic E-state index is 0.667. The highest BCUT2D eigenvalue weighted by Gasteiger charge is 2.25. The lowest BCUT2D eigenvalue weighted by atomic mass is 9.87. The number of aromatic nitrogens is 3. The summed E-state index contributed by atoms with van der Waals surface area (Å²) in [5, 5.41) is 15.3. The third-order valence-corrected chi connectivity index (χ3v) is 13.6. The van der Waals surface area contributed by atoms with E-state index in [-0.39, 0.29) is 0 Å². The lowest BCUT2D eigenvalue weighted by Gasteiger charge is -2.24. The minimum absolute atomic E-state index is 0.667.